The molecule has 0 heterocycles. The van der Waals surface area contributed by atoms with Crippen LogP contribution in [0.1, 0.15) is 27.2 Å². The molecule has 0 spiro atoms. The molecule has 0 aliphatic rings. The van der Waals surface area contributed by atoms with Crippen LogP contribution in [0.3, 0.4) is 0 Å². The Balaban J connectivity index is 2.19. The Morgan fingerprint density at radius 1 is 1.25 bits per heavy atom. The van der Waals surface area contributed by atoms with Crippen molar-refractivity contribution in [3.63, 3.8) is 0 Å². The molecule has 0 aromatic heterocycles. The second-order valence-electron chi connectivity index (χ2n) is 4.70. The van der Waals surface area contributed by atoms with Crippen LogP contribution in [-0.4, -0.2) is 17.1 Å². The molecular weight excluding hydrogens is 218 g/mol. The van der Waals surface area contributed by atoms with Gasteiger partial charge in [-0.3, -0.25) is 0 Å². The zero-order valence-electron chi connectivity index (χ0n) is 10.3. The van der Waals surface area contributed by atoms with Crippen LogP contribution in [0.4, 0.5) is 5.69 Å². The maximum atomic E-state index is 5.77. The molecule has 0 amide bonds. The number of thioether (sulfide) groups is 1. The van der Waals surface area contributed by atoms with Crippen LogP contribution in [-0.2, 0) is 0 Å². The molecule has 1 aromatic rings. The molecule has 3 heteroatoms. The van der Waals surface area contributed by atoms with Gasteiger partial charge in [0.05, 0.1) is 12.3 Å². The molecule has 0 aliphatic heterocycles. The van der Waals surface area contributed by atoms with Gasteiger partial charge in [0.2, 0.25) is 0 Å². The summed E-state index contributed by atoms with van der Waals surface area (Å²) in [6.07, 6.45) is 1.05. The summed E-state index contributed by atoms with van der Waals surface area (Å²) in [7, 11) is 0. The van der Waals surface area contributed by atoms with Gasteiger partial charge in [0, 0.05) is 4.75 Å². The fraction of sp³-hybridized carbons (Fsp3) is 0.538. The van der Waals surface area contributed by atoms with Crippen molar-refractivity contribution in [2.24, 2.45) is 0 Å². The van der Waals surface area contributed by atoms with Gasteiger partial charge in [0.1, 0.15) is 5.75 Å². The molecule has 0 atom stereocenters. The predicted molar refractivity (Wildman–Crippen MR) is 73.2 cm³/mol. The number of nitrogen functional groups attached to an aromatic ring is 1. The quantitative estimate of drug-likeness (QED) is 0.630. The van der Waals surface area contributed by atoms with Crippen molar-refractivity contribution >= 4 is 17.4 Å². The van der Waals surface area contributed by atoms with Gasteiger partial charge in [0.25, 0.3) is 0 Å². The van der Waals surface area contributed by atoms with Gasteiger partial charge in [-0.25, -0.2) is 0 Å². The van der Waals surface area contributed by atoms with Crippen LogP contribution >= 0.6 is 11.8 Å². The minimum Gasteiger partial charge on any atom is -0.491 e. The largest absolute Gasteiger partial charge is 0.491 e. The lowest BCUT2D eigenvalue weighted by Gasteiger charge is -2.17. The maximum absolute atomic E-state index is 5.77. The SMILES string of the molecule is CC(C)(C)SCCCOc1ccccc1N. The Morgan fingerprint density at radius 3 is 2.56 bits per heavy atom. The molecule has 0 radical (unpaired) electrons. The monoisotopic (exact) mass is 239 g/mol. The van der Waals surface area contributed by atoms with E-state index in [9.17, 15) is 0 Å². The zero-order chi connectivity index (χ0) is 12.0. The van der Waals surface area contributed by atoms with Crippen molar-refractivity contribution in [1.82, 2.24) is 0 Å². The molecule has 0 fully saturated rings. The zero-order valence-corrected chi connectivity index (χ0v) is 11.1. The molecule has 0 bridgehead atoms. The summed E-state index contributed by atoms with van der Waals surface area (Å²) in [4.78, 5) is 0. The Kier molecular flexibility index (Phi) is 5.00. The Bertz CT molecular complexity index is 320. The average Bonchev–Trinajstić information content (AvgIpc) is 2.18. The van der Waals surface area contributed by atoms with E-state index in [4.69, 9.17) is 10.5 Å². The van der Waals surface area contributed by atoms with Crippen molar-refractivity contribution in [3.8, 4) is 5.75 Å². The second kappa shape index (κ2) is 6.04. The number of ether oxygens (including phenoxy) is 1. The van der Waals surface area contributed by atoms with Gasteiger partial charge in [-0.2, -0.15) is 11.8 Å². The lowest BCUT2D eigenvalue weighted by Crippen LogP contribution is -2.09. The average molecular weight is 239 g/mol. The van der Waals surface area contributed by atoms with Gasteiger partial charge < -0.3 is 10.5 Å². The molecule has 0 unspecified atom stereocenters. The third-order valence-corrected chi connectivity index (χ3v) is 3.36. The van der Waals surface area contributed by atoms with E-state index >= 15 is 0 Å². The predicted octanol–water partition coefficient (Wildman–Crippen LogP) is 3.57. The van der Waals surface area contributed by atoms with E-state index in [2.05, 4.69) is 20.8 Å². The summed E-state index contributed by atoms with van der Waals surface area (Å²) in [5.41, 5.74) is 6.49. The topological polar surface area (TPSA) is 35.2 Å². The highest BCUT2D eigenvalue weighted by atomic mass is 32.2. The highest BCUT2D eigenvalue weighted by Crippen LogP contribution is 2.24. The van der Waals surface area contributed by atoms with Crippen LogP contribution in [0.2, 0.25) is 0 Å². The minimum absolute atomic E-state index is 0.339. The van der Waals surface area contributed by atoms with Crippen LogP contribution in [0.15, 0.2) is 24.3 Å². The summed E-state index contributed by atoms with van der Waals surface area (Å²) < 4.78 is 5.95. The molecule has 1 aromatic carbocycles. The number of hydrogen-bond acceptors (Lipinski definition) is 3. The van der Waals surface area contributed by atoms with Gasteiger partial charge in [-0.1, -0.05) is 32.9 Å². The third kappa shape index (κ3) is 5.31. The van der Waals surface area contributed by atoms with Crippen molar-refractivity contribution in [2.45, 2.75) is 31.9 Å². The standard InChI is InChI=1S/C13H21NOS/c1-13(2,3)16-10-6-9-15-12-8-5-4-7-11(12)14/h4-5,7-8H,6,9-10,14H2,1-3H3. The third-order valence-electron chi connectivity index (χ3n) is 2.00. The number of benzene rings is 1. The van der Waals surface area contributed by atoms with E-state index in [1.54, 1.807) is 0 Å². The second-order valence-corrected chi connectivity index (χ2v) is 6.62. The summed E-state index contributed by atoms with van der Waals surface area (Å²) in [6.45, 7) is 7.42. The summed E-state index contributed by atoms with van der Waals surface area (Å²) in [5, 5.41) is 0. The molecular formula is C13H21NOS. The fourth-order valence-corrected chi connectivity index (χ4v) is 2.11. The van der Waals surface area contributed by atoms with Gasteiger partial charge in [0.15, 0.2) is 0 Å². The Labute approximate surface area is 103 Å². The highest BCUT2D eigenvalue weighted by Gasteiger charge is 2.09. The van der Waals surface area contributed by atoms with E-state index in [-0.39, 0.29) is 0 Å². The molecule has 90 valence electrons. The first-order chi connectivity index (χ1) is 7.49. The number of rotatable bonds is 5. The van der Waals surface area contributed by atoms with E-state index < -0.39 is 0 Å². The van der Waals surface area contributed by atoms with Gasteiger partial charge in [-0.05, 0) is 24.3 Å². The van der Waals surface area contributed by atoms with Gasteiger partial charge >= 0.3 is 0 Å². The fourth-order valence-electron chi connectivity index (χ4n) is 1.23. The maximum Gasteiger partial charge on any atom is 0.142 e. The lowest BCUT2D eigenvalue weighted by atomic mass is 10.3. The smallest absolute Gasteiger partial charge is 0.142 e. The highest BCUT2D eigenvalue weighted by molar-refractivity contribution is 8.00. The minimum atomic E-state index is 0.339. The Hall–Kier alpha value is -0.830. The number of nitrogens with two attached hydrogens (primary N) is 1. The van der Waals surface area contributed by atoms with Crippen LogP contribution < -0.4 is 10.5 Å². The first kappa shape index (κ1) is 13.2. The molecule has 2 N–H and O–H groups in total. The first-order valence-electron chi connectivity index (χ1n) is 5.60. The van der Waals surface area contributed by atoms with Crippen LogP contribution in [0.5, 0.6) is 5.75 Å². The molecule has 0 saturated heterocycles. The van der Waals surface area contributed by atoms with E-state index in [0.29, 0.717) is 10.4 Å². The van der Waals surface area contributed by atoms with E-state index in [1.807, 2.05) is 36.0 Å². The first-order valence-corrected chi connectivity index (χ1v) is 6.59. The summed E-state index contributed by atoms with van der Waals surface area (Å²) >= 11 is 1.96. The van der Waals surface area contributed by atoms with Crippen molar-refractivity contribution in [1.29, 1.82) is 0 Å². The molecule has 0 aliphatic carbocycles. The number of anilines is 1. The molecule has 1 rings (SSSR count). The summed E-state index contributed by atoms with van der Waals surface area (Å²) in [5.74, 6) is 1.92. The van der Waals surface area contributed by atoms with Crippen molar-refractivity contribution < 1.29 is 4.74 Å². The molecule has 2 nitrogen and oxygen atoms in total. The van der Waals surface area contributed by atoms with Crippen LogP contribution in [0, 0.1) is 0 Å². The summed E-state index contributed by atoms with van der Waals surface area (Å²) in [6, 6.07) is 7.62. The number of hydrogen-bond donors (Lipinski definition) is 1. The lowest BCUT2D eigenvalue weighted by molar-refractivity contribution is 0.320. The molecule has 0 saturated carbocycles. The van der Waals surface area contributed by atoms with Crippen molar-refractivity contribution in [2.75, 3.05) is 18.1 Å². The van der Waals surface area contributed by atoms with E-state index in [0.717, 1.165) is 24.5 Å². The van der Waals surface area contributed by atoms with Crippen LogP contribution in [0.25, 0.3) is 0 Å². The van der Waals surface area contributed by atoms with Gasteiger partial charge in [-0.15, -0.1) is 0 Å². The van der Waals surface area contributed by atoms with Crippen molar-refractivity contribution in [3.05, 3.63) is 24.3 Å². The number of para-hydroxylation sites is 2. The normalized spacial score (nSPS) is 11.4. The Morgan fingerprint density at radius 2 is 1.94 bits per heavy atom. The van der Waals surface area contributed by atoms with E-state index in [1.165, 1.54) is 0 Å². The molecule has 16 heavy (non-hydrogen) atoms.